The number of para-hydroxylation sites is 1. The average molecular weight is 394 g/mol. The van der Waals surface area contributed by atoms with Gasteiger partial charge in [0.1, 0.15) is 5.75 Å². The second kappa shape index (κ2) is 8.11. The van der Waals surface area contributed by atoms with E-state index in [-0.39, 0.29) is 11.5 Å². The maximum atomic E-state index is 12.7. The summed E-state index contributed by atoms with van der Waals surface area (Å²) in [7, 11) is 1.63. The maximum Gasteiger partial charge on any atom is 0.272 e. The number of nitrogens with zero attached hydrogens (tertiary/aromatic N) is 3. The number of aryl methyl sites for hydroxylation is 2. The number of benzene rings is 1. The third-order valence-corrected chi connectivity index (χ3v) is 5.51. The molecule has 0 spiro atoms. The van der Waals surface area contributed by atoms with Crippen LogP contribution in [0.15, 0.2) is 35.1 Å². The normalized spacial score (nSPS) is 14.6. The highest BCUT2D eigenvalue weighted by atomic mass is 16.5. The minimum Gasteiger partial charge on any atom is -0.496 e. The molecule has 1 saturated heterocycles. The van der Waals surface area contributed by atoms with Gasteiger partial charge < -0.3 is 9.64 Å². The van der Waals surface area contributed by atoms with Gasteiger partial charge in [-0.3, -0.25) is 14.7 Å². The molecule has 3 heterocycles. The van der Waals surface area contributed by atoms with E-state index in [1.165, 1.54) is 4.52 Å². The second-order valence-electron chi connectivity index (χ2n) is 7.50. The van der Waals surface area contributed by atoms with E-state index >= 15 is 0 Å². The molecule has 0 unspecified atom stereocenters. The Morgan fingerprint density at radius 3 is 2.83 bits per heavy atom. The van der Waals surface area contributed by atoms with Crippen LogP contribution in [-0.4, -0.2) is 45.6 Å². The highest BCUT2D eigenvalue weighted by Gasteiger charge is 2.19. The summed E-state index contributed by atoms with van der Waals surface area (Å²) in [6.07, 6.45) is 4.16. The first-order chi connectivity index (χ1) is 14.1. The van der Waals surface area contributed by atoms with Gasteiger partial charge in [0.2, 0.25) is 5.91 Å². The van der Waals surface area contributed by atoms with Crippen molar-refractivity contribution >= 4 is 11.6 Å². The largest absolute Gasteiger partial charge is 0.496 e. The van der Waals surface area contributed by atoms with Gasteiger partial charge in [0.25, 0.3) is 5.56 Å². The van der Waals surface area contributed by atoms with Crippen LogP contribution in [0.4, 0.5) is 0 Å². The van der Waals surface area contributed by atoms with E-state index < -0.39 is 0 Å². The summed E-state index contributed by atoms with van der Waals surface area (Å²) in [6, 6.07) is 9.30. The molecule has 2 aromatic heterocycles. The zero-order valence-corrected chi connectivity index (χ0v) is 16.9. The van der Waals surface area contributed by atoms with Gasteiger partial charge in [-0.25, -0.2) is 9.50 Å². The number of fused-ring (bicyclic) bond motifs is 1. The SMILES string of the molecule is COc1ccccc1-c1c(C)[nH]n2c(=O)cc(CCCN3CCCCC3=O)nc12. The Balaban J connectivity index is 1.63. The van der Waals surface area contributed by atoms with Crippen LogP contribution in [0.5, 0.6) is 5.75 Å². The van der Waals surface area contributed by atoms with Crippen LogP contribution in [0.25, 0.3) is 16.8 Å². The lowest BCUT2D eigenvalue weighted by Gasteiger charge is -2.26. The molecular formula is C22H26N4O3. The molecule has 1 aliphatic rings. The van der Waals surface area contributed by atoms with E-state index in [2.05, 4.69) is 5.10 Å². The molecule has 0 saturated carbocycles. The fourth-order valence-electron chi connectivity index (χ4n) is 4.05. The minimum absolute atomic E-state index is 0.136. The van der Waals surface area contributed by atoms with Crippen molar-refractivity contribution in [3.8, 4) is 16.9 Å². The molecule has 3 aromatic rings. The molecular weight excluding hydrogens is 368 g/mol. The van der Waals surface area contributed by atoms with Gasteiger partial charge in [-0.15, -0.1) is 0 Å². The van der Waals surface area contributed by atoms with Gasteiger partial charge in [0, 0.05) is 42.5 Å². The van der Waals surface area contributed by atoms with Gasteiger partial charge >= 0.3 is 0 Å². The molecule has 152 valence electrons. The van der Waals surface area contributed by atoms with Gasteiger partial charge in [-0.1, -0.05) is 18.2 Å². The fraction of sp³-hybridized carbons (Fsp3) is 0.409. The van der Waals surface area contributed by atoms with Crippen molar-refractivity contribution in [3.05, 3.63) is 52.1 Å². The Hall–Kier alpha value is -3.09. The first-order valence-corrected chi connectivity index (χ1v) is 10.1. The Bertz CT molecular complexity index is 1100. The predicted molar refractivity (Wildman–Crippen MR) is 111 cm³/mol. The Kier molecular flexibility index (Phi) is 5.38. The molecule has 7 heteroatoms. The standard InChI is InChI=1S/C22H26N4O3/c1-15-21(17-9-3-4-10-18(17)29-2)22-23-16(14-20(28)26(22)24-15)8-7-13-25-12-6-5-11-19(25)27/h3-4,9-10,14,24H,5-8,11-13H2,1-2H3. The van der Waals surface area contributed by atoms with Crippen LogP contribution in [0, 0.1) is 6.92 Å². The number of nitrogens with one attached hydrogen (secondary N) is 1. The zero-order valence-electron chi connectivity index (χ0n) is 16.9. The number of ether oxygens (including phenoxy) is 1. The summed E-state index contributed by atoms with van der Waals surface area (Å²) in [5.74, 6) is 0.972. The number of hydrogen-bond acceptors (Lipinski definition) is 4. The number of piperidine rings is 1. The van der Waals surface area contributed by atoms with Crippen LogP contribution < -0.4 is 10.3 Å². The van der Waals surface area contributed by atoms with Crippen molar-refractivity contribution < 1.29 is 9.53 Å². The molecule has 1 amide bonds. The molecule has 7 nitrogen and oxygen atoms in total. The fourth-order valence-corrected chi connectivity index (χ4v) is 4.05. The van der Waals surface area contributed by atoms with Crippen LogP contribution in [-0.2, 0) is 11.2 Å². The number of H-pyrrole nitrogens is 1. The predicted octanol–water partition coefficient (Wildman–Crippen LogP) is 2.95. The number of amides is 1. The number of aromatic nitrogens is 3. The molecule has 1 aliphatic heterocycles. The first-order valence-electron chi connectivity index (χ1n) is 10.1. The van der Waals surface area contributed by atoms with E-state index in [1.54, 1.807) is 13.2 Å². The van der Waals surface area contributed by atoms with E-state index in [9.17, 15) is 9.59 Å². The topological polar surface area (TPSA) is 79.7 Å². The molecule has 4 rings (SSSR count). The van der Waals surface area contributed by atoms with Crippen LogP contribution in [0.3, 0.4) is 0 Å². The third kappa shape index (κ3) is 3.77. The molecule has 29 heavy (non-hydrogen) atoms. The molecule has 0 aliphatic carbocycles. The number of methoxy groups -OCH3 is 1. The maximum absolute atomic E-state index is 12.7. The highest BCUT2D eigenvalue weighted by Crippen LogP contribution is 2.34. The van der Waals surface area contributed by atoms with E-state index in [0.717, 1.165) is 54.1 Å². The lowest BCUT2D eigenvalue weighted by Crippen LogP contribution is -2.36. The monoisotopic (exact) mass is 394 g/mol. The van der Waals surface area contributed by atoms with E-state index in [0.29, 0.717) is 25.0 Å². The van der Waals surface area contributed by atoms with Gasteiger partial charge in [-0.05, 0) is 38.7 Å². The number of rotatable bonds is 6. The van der Waals surface area contributed by atoms with Gasteiger partial charge in [0.05, 0.1) is 12.7 Å². The summed E-state index contributed by atoms with van der Waals surface area (Å²) < 4.78 is 6.99. The van der Waals surface area contributed by atoms with Crippen LogP contribution in [0.1, 0.15) is 37.1 Å². The summed E-state index contributed by atoms with van der Waals surface area (Å²) in [6.45, 7) is 3.48. The van der Waals surface area contributed by atoms with Gasteiger partial charge in [0.15, 0.2) is 5.65 Å². The lowest BCUT2D eigenvalue weighted by molar-refractivity contribution is -0.133. The minimum atomic E-state index is -0.136. The lowest BCUT2D eigenvalue weighted by atomic mass is 10.0. The molecule has 1 N–H and O–H groups in total. The number of carbonyl (C=O) groups excluding carboxylic acids is 1. The van der Waals surface area contributed by atoms with Crippen molar-refractivity contribution in [1.82, 2.24) is 19.5 Å². The van der Waals surface area contributed by atoms with Gasteiger partial charge in [-0.2, -0.15) is 0 Å². The molecule has 0 bridgehead atoms. The molecule has 0 radical (unpaired) electrons. The number of hydrogen-bond donors (Lipinski definition) is 1. The smallest absolute Gasteiger partial charge is 0.272 e. The van der Waals surface area contributed by atoms with Crippen LogP contribution >= 0.6 is 0 Å². The summed E-state index contributed by atoms with van der Waals surface area (Å²) in [5, 5.41) is 3.12. The first kappa shape index (κ1) is 19.2. The van der Waals surface area contributed by atoms with Crippen molar-refractivity contribution in [2.75, 3.05) is 20.2 Å². The van der Waals surface area contributed by atoms with Crippen molar-refractivity contribution in [3.63, 3.8) is 0 Å². The summed E-state index contributed by atoms with van der Waals surface area (Å²) in [4.78, 5) is 31.3. The highest BCUT2D eigenvalue weighted by molar-refractivity contribution is 5.83. The molecule has 1 fully saturated rings. The van der Waals surface area contributed by atoms with Crippen molar-refractivity contribution in [1.29, 1.82) is 0 Å². The van der Waals surface area contributed by atoms with E-state index in [4.69, 9.17) is 9.72 Å². The summed E-state index contributed by atoms with van der Waals surface area (Å²) >= 11 is 0. The van der Waals surface area contributed by atoms with Crippen molar-refractivity contribution in [2.24, 2.45) is 0 Å². The molecule has 1 aromatic carbocycles. The molecule has 0 atom stereocenters. The van der Waals surface area contributed by atoms with Crippen LogP contribution in [0.2, 0.25) is 0 Å². The Labute approximate surface area is 169 Å². The van der Waals surface area contributed by atoms with E-state index in [1.807, 2.05) is 36.1 Å². The number of likely N-dealkylation sites (tertiary alicyclic amines) is 1. The van der Waals surface area contributed by atoms with Crippen molar-refractivity contribution in [2.45, 2.75) is 39.0 Å². The number of carbonyl (C=O) groups is 1. The average Bonchev–Trinajstić information content (AvgIpc) is 3.06. The number of aromatic amines is 1. The third-order valence-electron chi connectivity index (χ3n) is 5.51. The zero-order chi connectivity index (χ0) is 20.4. The Morgan fingerprint density at radius 2 is 2.03 bits per heavy atom. The quantitative estimate of drug-likeness (QED) is 0.697. The Morgan fingerprint density at radius 1 is 1.21 bits per heavy atom. The summed E-state index contributed by atoms with van der Waals surface area (Å²) in [5.41, 5.74) is 3.83. The second-order valence-corrected chi connectivity index (χ2v) is 7.50.